The smallest absolute Gasteiger partial charge is 0.117 e. The Bertz CT molecular complexity index is 131. The molecule has 0 saturated carbocycles. The third kappa shape index (κ3) is 6.48. The second-order valence-corrected chi connectivity index (χ2v) is 3.43. The number of hydrogen-bond donors (Lipinski definition) is 0. The van der Waals surface area contributed by atoms with Crippen LogP contribution < -0.4 is 0 Å². The zero-order chi connectivity index (χ0) is 8.69. The normalized spacial score (nSPS) is 12.9. The van der Waals surface area contributed by atoms with Crippen molar-refractivity contribution in [3.05, 3.63) is 0 Å². The van der Waals surface area contributed by atoms with E-state index in [-0.39, 0.29) is 13.2 Å². The fourth-order valence-electron chi connectivity index (χ4n) is 0.312. The molecule has 0 aromatic heterocycles. The molecule has 2 atom stereocenters. The Balaban J connectivity index is 3.49. The monoisotopic (exact) mass is 200 g/mol. The van der Waals surface area contributed by atoms with Crippen molar-refractivity contribution < 1.29 is 22.5 Å². The van der Waals surface area contributed by atoms with E-state index in [1.807, 2.05) is 0 Å². The molecule has 0 aliphatic heterocycles. The fourth-order valence-corrected chi connectivity index (χ4v) is 1.55. The van der Waals surface area contributed by atoms with Crippen molar-refractivity contribution in [1.82, 2.24) is 0 Å². The summed E-state index contributed by atoms with van der Waals surface area (Å²) in [5, 5.41) is 0. The van der Waals surface area contributed by atoms with E-state index in [0.717, 1.165) is 0 Å². The summed E-state index contributed by atoms with van der Waals surface area (Å²) < 4.78 is 34.4. The highest BCUT2D eigenvalue weighted by Crippen LogP contribution is 2.39. The van der Waals surface area contributed by atoms with Crippen molar-refractivity contribution in [3.8, 4) is 0 Å². The molecule has 0 radical (unpaired) electrons. The Labute approximate surface area is 66.9 Å². The summed E-state index contributed by atoms with van der Waals surface area (Å²) in [4.78, 5) is 0. The summed E-state index contributed by atoms with van der Waals surface area (Å²) in [6.45, 7) is 3.82. The largest absolute Gasteiger partial charge is 0.747 e. The number of hydrogen-bond acceptors (Lipinski definition) is 5. The Morgan fingerprint density at radius 3 is 1.64 bits per heavy atom. The van der Waals surface area contributed by atoms with Gasteiger partial charge in [-0.3, -0.25) is 0 Å². The highest BCUT2D eigenvalue weighted by molar-refractivity contribution is 7.47. The molecule has 0 rings (SSSR count). The van der Waals surface area contributed by atoms with E-state index in [1.165, 1.54) is 0 Å². The minimum absolute atomic E-state index is 0.254. The van der Waals surface area contributed by atoms with Gasteiger partial charge in [0.2, 0.25) is 0 Å². The summed E-state index contributed by atoms with van der Waals surface area (Å²) >= 11 is 0. The molecule has 0 amide bonds. The van der Waals surface area contributed by atoms with Crippen LogP contribution in [0.15, 0.2) is 0 Å². The van der Waals surface area contributed by atoms with Crippen molar-refractivity contribution >= 4 is 16.5 Å². The lowest BCUT2D eigenvalue weighted by Crippen LogP contribution is -1.80. The van der Waals surface area contributed by atoms with Crippen LogP contribution in [0.1, 0.15) is 13.8 Å². The Kier molecular flexibility index (Phi) is 6.82. The van der Waals surface area contributed by atoms with Crippen LogP contribution >= 0.6 is 16.5 Å². The third-order valence-electron chi connectivity index (χ3n) is 0.602. The lowest BCUT2D eigenvalue weighted by atomic mass is 10.9. The van der Waals surface area contributed by atoms with Gasteiger partial charge in [0, 0.05) is 9.13 Å². The molecule has 0 heterocycles. The summed E-state index contributed by atoms with van der Waals surface area (Å²) in [6.07, 6.45) is 0. The van der Waals surface area contributed by atoms with Crippen LogP contribution in [0.2, 0.25) is 0 Å². The molecule has 2 unspecified atom stereocenters. The summed E-state index contributed by atoms with van der Waals surface area (Å²) in [5.74, 6) is 0. The zero-order valence-electron chi connectivity index (χ0n) is 6.35. The van der Waals surface area contributed by atoms with Gasteiger partial charge < -0.3 is 0 Å². The lowest BCUT2D eigenvalue weighted by Gasteiger charge is -1.75. The molecule has 0 aromatic carbocycles. The average molecular weight is 200 g/mol. The van der Waals surface area contributed by atoms with Gasteiger partial charge in [0.1, 0.15) is 13.2 Å². The molecule has 0 aromatic rings. The SMILES string of the molecule is CCO[P+](=O)O[P+](=O)OCC. The molecule has 64 valence electrons. The Morgan fingerprint density at radius 1 is 1.00 bits per heavy atom. The Hall–Kier alpha value is 0.0800. The van der Waals surface area contributed by atoms with Crippen LogP contribution in [0, 0.1) is 0 Å². The van der Waals surface area contributed by atoms with Crippen LogP contribution in [0.3, 0.4) is 0 Å². The predicted octanol–water partition coefficient (Wildman–Crippen LogP) is 2.39. The average Bonchev–Trinajstić information content (AvgIpc) is 1.87. The highest BCUT2D eigenvalue weighted by Gasteiger charge is 2.38. The van der Waals surface area contributed by atoms with Gasteiger partial charge >= 0.3 is 16.5 Å². The van der Waals surface area contributed by atoms with Gasteiger partial charge in [-0.2, -0.15) is 0 Å². The van der Waals surface area contributed by atoms with E-state index >= 15 is 0 Å². The van der Waals surface area contributed by atoms with Crippen LogP contribution in [0.5, 0.6) is 0 Å². The predicted molar refractivity (Wildman–Crippen MR) is 39.6 cm³/mol. The highest BCUT2D eigenvalue weighted by atomic mass is 31.2. The van der Waals surface area contributed by atoms with E-state index in [1.54, 1.807) is 13.8 Å². The topological polar surface area (TPSA) is 61.8 Å². The molecule has 0 bridgehead atoms. The number of rotatable bonds is 6. The van der Waals surface area contributed by atoms with Crippen LogP contribution in [-0.4, -0.2) is 13.2 Å². The van der Waals surface area contributed by atoms with Gasteiger partial charge in [0.25, 0.3) is 0 Å². The minimum atomic E-state index is -2.29. The molecule has 0 spiro atoms. The van der Waals surface area contributed by atoms with Crippen molar-refractivity contribution in [1.29, 1.82) is 0 Å². The van der Waals surface area contributed by atoms with Crippen molar-refractivity contribution in [2.45, 2.75) is 13.8 Å². The zero-order valence-corrected chi connectivity index (χ0v) is 8.14. The Morgan fingerprint density at radius 2 is 1.36 bits per heavy atom. The maximum atomic E-state index is 10.6. The second-order valence-electron chi connectivity index (χ2n) is 1.36. The first-order valence-corrected chi connectivity index (χ1v) is 5.28. The van der Waals surface area contributed by atoms with Gasteiger partial charge in [-0.1, -0.05) is 0 Å². The van der Waals surface area contributed by atoms with Crippen molar-refractivity contribution in [2.24, 2.45) is 0 Å². The van der Waals surface area contributed by atoms with Gasteiger partial charge in [-0.05, 0) is 13.8 Å². The van der Waals surface area contributed by atoms with E-state index in [9.17, 15) is 9.13 Å². The minimum Gasteiger partial charge on any atom is -0.117 e. The summed E-state index contributed by atoms with van der Waals surface area (Å²) in [7, 11) is -4.58. The maximum Gasteiger partial charge on any atom is 0.747 e. The first-order valence-electron chi connectivity index (χ1n) is 3.09. The van der Waals surface area contributed by atoms with Gasteiger partial charge in [0.05, 0.1) is 0 Å². The third-order valence-corrected chi connectivity index (χ3v) is 2.61. The molecule has 0 aliphatic carbocycles. The van der Waals surface area contributed by atoms with E-state index in [2.05, 4.69) is 13.4 Å². The maximum absolute atomic E-state index is 10.6. The molecule has 7 heteroatoms. The fraction of sp³-hybridized carbons (Fsp3) is 1.00. The molecule has 0 aliphatic rings. The molecule has 0 fully saturated rings. The second kappa shape index (κ2) is 6.77. The van der Waals surface area contributed by atoms with Crippen molar-refractivity contribution in [3.63, 3.8) is 0 Å². The molecule has 5 nitrogen and oxygen atoms in total. The van der Waals surface area contributed by atoms with Gasteiger partial charge in [-0.25, -0.2) is 0 Å². The van der Waals surface area contributed by atoms with Crippen LogP contribution in [0.25, 0.3) is 0 Å². The molecular formula is C4H10O5P2+2. The summed E-state index contributed by atoms with van der Waals surface area (Å²) in [5.41, 5.74) is 0. The lowest BCUT2D eigenvalue weighted by molar-refractivity contribution is 0.267. The summed E-state index contributed by atoms with van der Waals surface area (Å²) in [6, 6.07) is 0. The molecular weight excluding hydrogens is 190 g/mol. The first kappa shape index (κ1) is 11.1. The van der Waals surface area contributed by atoms with E-state index in [0.29, 0.717) is 0 Å². The van der Waals surface area contributed by atoms with Crippen molar-refractivity contribution in [2.75, 3.05) is 13.2 Å². The van der Waals surface area contributed by atoms with E-state index in [4.69, 9.17) is 0 Å². The van der Waals surface area contributed by atoms with Crippen LogP contribution in [0.4, 0.5) is 0 Å². The van der Waals surface area contributed by atoms with Gasteiger partial charge in [-0.15, -0.1) is 9.05 Å². The molecule has 0 saturated heterocycles. The first-order chi connectivity index (χ1) is 5.20. The quantitative estimate of drug-likeness (QED) is 0.616. The van der Waals surface area contributed by atoms with Crippen LogP contribution in [-0.2, 0) is 22.5 Å². The molecule has 0 N–H and O–H groups in total. The van der Waals surface area contributed by atoms with Gasteiger partial charge in [0.15, 0.2) is 4.31 Å². The standard InChI is InChI=1S/C4H10O5P2/c1-3-7-10(5)9-11(6)8-4-2/h3-4H2,1-2H3/q+2. The van der Waals surface area contributed by atoms with E-state index < -0.39 is 16.5 Å². The molecule has 11 heavy (non-hydrogen) atoms.